The number of nitrogens with one attached hydrogen (secondary N) is 1. The quantitative estimate of drug-likeness (QED) is 0.0320. The molecule has 0 aliphatic heterocycles. The number of hydrogen-bond acceptors (Lipinski definition) is 5. The van der Waals surface area contributed by atoms with E-state index in [9.17, 15) is 19.8 Å². The number of aliphatic hydroxyl groups is 2. The fourth-order valence-corrected chi connectivity index (χ4v) is 12.4. The number of amides is 1. The molecule has 0 aliphatic rings. The minimum atomic E-state index is -0.666. The molecule has 3 N–H and O–H groups in total. The molecule has 84 heavy (non-hydrogen) atoms. The van der Waals surface area contributed by atoms with Gasteiger partial charge in [-0.1, -0.05) is 391 Å². The minimum absolute atomic E-state index is 0.0179. The molecule has 0 heterocycles. The summed E-state index contributed by atoms with van der Waals surface area (Å²) in [6, 6.07) is -0.543. The Balaban J connectivity index is 3.38. The average Bonchev–Trinajstić information content (AvgIpc) is 3.51. The molecule has 0 bridgehead atoms. The van der Waals surface area contributed by atoms with Crippen LogP contribution in [0.1, 0.15) is 438 Å². The van der Waals surface area contributed by atoms with Crippen molar-refractivity contribution in [2.45, 2.75) is 450 Å². The Morgan fingerprint density at radius 1 is 0.333 bits per heavy atom. The molecule has 0 spiro atoms. The predicted molar refractivity (Wildman–Crippen MR) is 370 cm³/mol. The van der Waals surface area contributed by atoms with Crippen LogP contribution >= 0.6 is 0 Å². The molecular weight excluding hydrogens is 1030 g/mol. The van der Waals surface area contributed by atoms with E-state index in [1.165, 1.54) is 360 Å². The van der Waals surface area contributed by atoms with E-state index < -0.39 is 12.1 Å². The van der Waals surface area contributed by atoms with Gasteiger partial charge in [-0.3, -0.25) is 9.59 Å². The molecule has 0 aromatic carbocycles. The summed E-state index contributed by atoms with van der Waals surface area (Å²) in [5.74, 6) is -0.0136. The molecule has 1 amide bonds. The Hall–Kier alpha value is -1.66. The summed E-state index contributed by atoms with van der Waals surface area (Å²) in [5, 5.41) is 23.4. The number of ether oxygens (including phenoxy) is 1. The second-order valence-corrected chi connectivity index (χ2v) is 26.7. The van der Waals surface area contributed by atoms with Gasteiger partial charge in [0.1, 0.15) is 0 Å². The van der Waals surface area contributed by atoms with Crippen LogP contribution in [-0.4, -0.2) is 47.4 Å². The lowest BCUT2D eigenvalue weighted by molar-refractivity contribution is -0.143. The summed E-state index contributed by atoms with van der Waals surface area (Å²) < 4.78 is 5.51. The smallest absolute Gasteiger partial charge is 0.305 e. The number of unbranched alkanes of at least 4 members (excludes halogenated alkanes) is 58. The zero-order chi connectivity index (χ0) is 60.6. The maximum absolute atomic E-state index is 12.5. The largest absolute Gasteiger partial charge is 0.466 e. The van der Waals surface area contributed by atoms with Gasteiger partial charge in [-0.2, -0.15) is 0 Å². The third-order valence-corrected chi connectivity index (χ3v) is 18.3. The first-order valence-electron chi connectivity index (χ1n) is 38.6. The maximum Gasteiger partial charge on any atom is 0.305 e. The summed E-state index contributed by atoms with van der Waals surface area (Å²) >= 11 is 0. The third kappa shape index (κ3) is 69.4. The van der Waals surface area contributed by atoms with Gasteiger partial charge in [0.05, 0.1) is 25.4 Å². The fourth-order valence-electron chi connectivity index (χ4n) is 12.4. The molecule has 0 fully saturated rings. The van der Waals surface area contributed by atoms with Gasteiger partial charge in [-0.15, -0.1) is 0 Å². The molecule has 0 aromatic rings. The summed E-state index contributed by atoms with van der Waals surface area (Å²) in [4.78, 5) is 24.7. The fraction of sp³-hybridized carbons (Fsp3) is 0.923. The van der Waals surface area contributed by atoms with Crippen molar-refractivity contribution in [2.75, 3.05) is 13.2 Å². The zero-order valence-electron chi connectivity index (χ0n) is 57.2. The van der Waals surface area contributed by atoms with Crippen molar-refractivity contribution >= 4 is 11.9 Å². The Bertz CT molecular complexity index is 1320. The Morgan fingerprint density at radius 3 is 0.905 bits per heavy atom. The van der Waals surface area contributed by atoms with Gasteiger partial charge in [-0.25, -0.2) is 0 Å². The number of aliphatic hydroxyl groups excluding tert-OH is 2. The maximum atomic E-state index is 12.5. The minimum Gasteiger partial charge on any atom is -0.466 e. The van der Waals surface area contributed by atoms with E-state index in [-0.39, 0.29) is 18.5 Å². The SMILES string of the molecule is CCCCCCCCCCCCCCCCCCCCCC(=O)OCCCCCCCCCCC/C=C\C/C=C\CCCCCCCCCCCCCCCC(=O)NC(CO)C(O)CCCCCCCCCCCCCCCCCCCCC. The van der Waals surface area contributed by atoms with Crippen LogP contribution in [0.2, 0.25) is 0 Å². The van der Waals surface area contributed by atoms with Crippen LogP contribution in [0.15, 0.2) is 24.3 Å². The Kier molecular flexibility index (Phi) is 72.3. The predicted octanol–water partition coefficient (Wildman–Crippen LogP) is 25.3. The van der Waals surface area contributed by atoms with E-state index >= 15 is 0 Å². The van der Waals surface area contributed by atoms with Crippen LogP contribution in [0.4, 0.5) is 0 Å². The van der Waals surface area contributed by atoms with E-state index in [1.54, 1.807) is 0 Å². The lowest BCUT2D eigenvalue weighted by Gasteiger charge is -2.22. The molecule has 0 radical (unpaired) electrons. The molecule has 6 nitrogen and oxygen atoms in total. The number of hydrogen-bond donors (Lipinski definition) is 3. The first-order valence-corrected chi connectivity index (χ1v) is 38.6. The first kappa shape index (κ1) is 82.3. The van der Waals surface area contributed by atoms with Crippen LogP contribution < -0.4 is 5.32 Å². The van der Waals surface area contributed by atoms with Gasteiger partial charge < -0.3 is 20.3 Å². The molecule has 498 valence electrons. The van der Waals surface area contributed by atoms with Gasteiger partial charge in [0, 0.05) is 12.8 Å². The lowest BCUT2D eigenvalue weighted by atomic mass is 10.0. The summed E-state index contributed by atoms with van der Waals surface area (Å²) in [6.45, 7) is 5.00. The van der Waals surface area contributed by atoms with Crippen LogP contribution in [0.3, 0.4) is 0 Å². The third-order valence-electron chi connectivity index (χ3n) is 18.3. The molecular formula is C78H151NO5. The molecule has 0 saturated carbocycles. The van der Waals surface area contributed by atoms with Gasteiger partial charge in [0.15, 0.2) is 0 Å². The highest BCUT2D eigenvalue weighted by Crippen LogP contribution is 2.20. The highest BCUT2D eigenvalue weighted by molar-refractivity contribution is 5.76. The molecule has 0 aliphatic carbocycles. The Morgan fingerprint density at radius 2 is 0.595 bits per heavy atom. The standard InChI is InChI=1S/C78H151NO5/c1-3-5-7-9-11-13-15-17-19-21-34-38-42-46-50-54-58-62-66-70-76(81)75(74-80)79-77(82)71-67-63-59-55-51-47-43-39-36-32-30-28-26-24-23-25-27-29-31-33-37-41-45-49-53-57-61-65-69-73-84-78(83)72-68-64-60-56-52-48-44-40-35-22-20-18-16-14-12-10-8-6-4-2/h23,25,29,31,75-76,80-81H,3-22,24,26-28,30,32-74H2,1-2H3,(H,79,82)/b25-23-,31-29-. The number of esters is 1. The van der Waals surface area contributed by atoms with Crippen molar-refractivity contribution in [2.24, 2.45) is 0 Å². The van der Waals surface area contributed by atoms with Gasteiger partial charge in [-0.05, 0) is 57.8 Å². The van der Waals surface area contributed by atoms with Crippen molar-refractivity contribution in [3.05, 3.63) is 24.3 Å². The van der Waals surface area contributed by atoms with E-state index in [2.05, 4.69) is 43.5 Å². The second-order valence-electron chi connectivity index (χ2n) is 26.7. The number of rotatable bonds is 73. The van der Waals surface area contributed by atoms with Crippen molar-refractivity contribution in [3.63, 3.8) is 0 Å². The topological polar surface area (TPSA) is 95.9 Å². The van der Waals surface area contributed by atoms with E-state index in [1.807, 2.05) is 0 Å². The van der Waals surface area contributed by atoms with Crippen LogP contribution in [-0.2, 0) is 14.3 Å². The highest BCUT2D eigenvalue weighted by atomic mass is 16.5. The number of carbonyl (C=O) groups is 2. The summed E-state index contributed by atoms with van der Waals surface area (Å²) in [6.07, 6.45) is 94.0. The van der Waals surface area contributed by atoms with Gasteiger partial charge >= 0.3 is 5.97 Å². The van der Waals surface area contributed by atoms with Crippen LogP contribution in [0.25, 0.3) is 0 Å². The van der Waals surface area contributed by atoms with Crippen molar-refractivity contribution < 1.29 is 24.5 Å². The molecule has 2 atom stereocenters. The van der Waals surface area contributed by atoms with E-state index in [0.717, 1.165) is 44.9 Å². The zero-order valence-corrected chi connectivity index (χ0v) is 57.2. The van der Waals surface area contributed by atoms with Crippen molar-refractivity contribution in [1.29, 1.82) is 0 Å². The van der Waals surface area contributed by atoms with Crippen molar-refractivity contribution in [3.8, 4) is 0 Å². The van der Waals surface area contributed by atoms with E-state index in [4.69, 9.17) is 4.74 Å². The first-order chi connectivity index (χ1) is 41.5. The van der Waals surface area contributed by atoms with E-state index in [0.29, 0.717) is 25.9 Å². The highest BCUT2D eigenvalue weighted by Gasteiger charge is 2.20. The molecule has 2 unspecified atom stereocenters. The number of carbonyl (C=O) groups excluding carboxylic acids is 2. The second kappa shape index (κ2) is 73.8. The van der Waals surface area contributed by atoms with Gasteiger partial charge in [0.25, 0.3) is 0 Å². The average molecular weight is 1180 g/mol. The summed E-state index contributed by atoms with van der Waals surface area (Å²) in [5.41, 5.74) is 0. The Labute approximate surface area is 526 Å². The molecule has 6 heteroatoms. The van der Waals surface area contributed by atoms with Crippen LogP contribution in [0, 0.1) is 0 Å². The normalized spacial score (nSPS) is 12.6. The molecule has 0 aromatic heterocycles. The molecule has 0 saturated heterocycles. The monoisotopic (exact) mass is 1180 g/mol. The summed E-state index contributed by atoms with van der Waals surface area (Å²) in [7, 11) is 0. The van der Waals surface area contributed by atoms with Crippen LogP contribution in [0.5, 0.6) is 0 Å². The number of allylic oxidation sites excluding steroid dienone is 4. The van der Waals surface area contributed by atoms with Crippen molar-refractivity contribution in [1.82, 2.24) is 5.32 Å². The lowest BCUT2D eigenvalue weighted by Crippen LogP contribution is -2.45. The molecule has 0 rings (SSSR count). The van der Waals surface area contributed by atoms with Gasteiger partial charge in [0.2, 0.25) is 5.91 Å².